The van der Waals surface area contributed by atoms with Crippen molar-refractivity contribution in [2.75, 3.05) is 11.0 Å². The summed E-state index contributed by atoms with van der Waals surface area (Å²) in [5, 5.41) is 0. The zero-order chi connectivity index (χ0) is 16.4. The number of nitrogens with zero attached hydrogens (tertiary/aromatic N) is 1. The number of alkyl halides is 1. The molecule has 1 saturated heterocycles. The van der Waals surface area contributed by atoms with Gasteiger partial charge in [-0.1, -0.05) is 60.1 Å². The standard InChI is InChI=1S/C17H26INO2S/c1-4-5-10-17(12-18)11-15(3)19(13-17)22(20,21)16-8-6-14(2)7-9-16/h6-9,15H,4-5,10-13H2,1-3H3. The van der Waals surface area contributed by atoms with Gasteiger partial charge in [-0.05, 0) is 44.2 Å². The Hall–Kier alpha value is -0.140. The first-order valence-electron chi connectivity index (χ1n) is 7.99. The monoisotopic (exact) mass is 435 g/mol. The van der Waals surface area contributed by atoms with E-state index in [4.69, 9.17) is 0 Å². The summed E-state index contributed by atoms with van der Waals surface area (Å²) in [6.07, 6.45) is 4.43. The number of aryl methyl sites for hydroxylation is 1. The molecule has 0 N–H and O–H groups in total. The van der Waals surface area contributed by atoms with E-state index < -0.39 is 10.0 Å². The number of sulfonamides is 1. The van der Waals surface area contributed by atoms with E-state index in [0.29, 0.717) is 11.4 Å². The quantitative estimate of drug-likeness (QED) is 0.491. The van der Waals surface area contributed by atoms with Crippen molar-refractivity contribution in [3.8, 4) is 0 Å². The van der Waals surface area contributed by atoms with Crippen molar-refractivity contribution >= 4 is 32.6 Å². The number of unbranched alkanes of at least 4 members (excludes halogenated alkanes) is 1. The zero-order valence-corrected chi connectivity index (χ0v) is 16.7. The van der Waals surface area contributed by atoms with Crippen molar-refractivity contribution in [2.45, 2.75) is 57.4 Å². The summed E-state index contributed by atoms with van der Waals surface area (Å²) < 4.78 is 28.7. The number of halogens is 1. The third kappa shape index (κ3) is 3.67. The minimum Gasteiger partial charge on any atom is -0.207 e. The SMILES string of the molecule is CCCCC1(CI)CC(C)N(S(=O)(=O)c2ccc(C)cc2)C1. The van der Waals surface area contributed by atoms with Crippen LogP contribution in [0.3, 0.4) is 0 Å². The maximum absolute atomic E-state index is 13.0. The van der Waals surface area contributed by atoms with E-state index in [1.165, 1.54) is 6.42 Å². The first kappa shape index (κ1) is 18.2. The van der Waals surface area contributed by atoms with E-state index >= 15 is 0 Å². The van der Waals surface area contributed by atoms with Crippen LogP contribution in [0, 0.1) is 12.3 Å². The van der Waals surface area contributed by atoms with Crippen LogP contribution in [0.25, 0.3) is 0 Å². The second-order valence-corrected chi connectivity index (χ2v) is 9.31. The van der Waals surface area contributed by atoms with Crippen LogP contribution in [-0.2, 0) is 10.0 Å². The molecule has 3 nitrogen and oxygen atoms in total. The molecule has 1 aromatic carbocycles. The molecule has 1 fully saturated rings. The van der Waals surface area contributed by atoms with Crippen LogP contribution in [0.1, 0.15) is 45.1 Å². The van der Waals surface area contributed by atoms with Gasteiger partial charge in [-0.15, -0.1) is 0 Å². The molecule has 1 heterocycles. The van der Waals surface area contributed by atoms with Crippen molar-refractivity contribution in [3.05, 3.63) is 29.8 Å². The van der Waals surface area contributed by atoms with Crippen LogP contribution in [0.5, 0.6) is 0 Å². The molecule has 2 unspecified atom stereocenters. The third-order valence-electron chi connectivity index (χ3n) is 4.68. The van der Waals surface area contributed by atoms with Crippen molar-refractivity contribution in [3.63, 3.8) is 0 Å². The molecule has 1 aliphatic rings. The van der Waals surface area contributed by atoms with E-state index in [-0.39, 0.29) is 11.5 Å². The highest BCUT2D eigenvalue weighted by molar-refractivity contribution is 14.1. The maximum Gasteiger partial charge on any atom is 0.243 e. The summed E-state index contributed by atoms with van der Waals surface area (Å²) in [4.78, 5) is 0.421. The molecule has 0 radical (unpaired) electrons. The van der Waals surface area contributed by atoms with Crippen molar-refractivity contribution in [1.29, 1.82) is 0 Å². The highest BCUT2D eigenvalue weighted by atomic mass is 127. The Morgan fingerprint density at radius 2 is 1.95 bits per heavy atom. The summed E-state index contributed by atoms with van der Waals surface area (Å²) in [7, 11) is -3.38. The van der Waals surface area contributed by atoms with E-state index in [2.05, 4.69) is 29.5 Å². The molecule has 2 rings (SSSR count). The summed E-state index contributed by atoms with van der Waals surface area (Å²) in [6, 6.07) is 7.28. The van der Waals surface area contributed by atoms with E-state index in [1.54, 1.807) is 16.4 Å². The Labute approximate surface area is 148 Å². The Bertz CT molecular complexity index is 600. The molecule has 0 saturated carbocycles. The average molecular weight is 435 g/mol. The van der Waals surface area contributed by atoms with E-state index in [0.717, 1.165) is 29.3 Å². The van der Waals surface area contributed by atoms with Gasteiger partial charge in [0.15, 0.2) is 0 Å². The molecule has 0 bridgehead atoms. The lowest BCUT2D eigenvalue weighted by molar-refractivity contribution is 0.316. The summed E-state index contributed by atoms with van der Waals surface area (Å²) in [6.45, 7) is 6.87. The first-order valence-corrected chi connectivity index (χ1v) is 11.0. The lowest BCUT2D eigenvalue weighted by Gasteiger charge is -2.27. The van der Waals surface area contributed by atoms with Gasteiger partial charge in [-0.25, -0.2) is 8.42 Å². The predicted octanol–water partition coefficient (Wildman–Crippen LogP) is 4.39. The predicted molar refractivity (Wildman–Crippen MR) is 100.0 cm³/mol. The van der Waals surface area contributed by atoms with E-state index in [9.17, 15) is 8.42 Å². The Morgan fingerprint density at radius 3 is 2.50 bits per heavy atom. The van der Waals surface area contributed by atoms with Crippen LogP contribution in [0.4, 0.5) is 0 Å². The fourth-order valence-corrected chi connectivity index (χ4v) is 6.02. The fourth-order valence-electron chi connectivity index (χ4n) is 3.34. The second-order valence-electron chi connectivity index (χ2n) is 6.65. The molecule has 22 heavy (non-hydrogen) atoms. The second kappa shape index (κ2) is 7.18. The van der Waals surface area contributed by atoms with Gasteiger partial charge in [0, 0.05) is 17.0 Å². The summed E-state index contributed by atoms with van der Waals surface area (Å²) >= 11 is 2.43. The Kier molecular flexibility index (Phi) is 5.94. The minimum atomic E-state index is -3.38. The lowest BCUT2D eigenvalue weighted by atomic mass is 9.83. The van der Waals surface area contributed by atoms with Crippen LogP contribution in [0.2, 0.25) is 0 Å². The molecule has 1 aliphatic heterocycles. The van der Waals surface area contributed by atoms with Gasteiger partial charge in [-0.3, -0.25) is 0 Å². The lowest BCUT2D eigenvalue weighted by Crippen LogP contribution is -2.35. The average Bonchev–Trinajstić information content (AvgIpc) is 2.84. The van der Waals surface area contributed by atoms with Gasteiger partial charge in [0.05, 0.1) is 4.90 Å². The third-order valence-corrected chi connectivity index (χ3v) is 8.28. The molecular weight excluding hydrogens is 409 g/mol. The summed E-state index contributed by atoms with van der Waals surface area (Å²) in [5.41, 5.74) is 1.23. The minimum absolute atomic E-state index is 0.0814. The van der Waals surface area contributed by atoms with Gasteiger partial charge in [0.2, 0.25) is 10.0 Å². The van der Waals surface area contributed by atoms with Crippen LogP contribution < -0.4 is 0 Å². The topological polar surface area (TPSA) is 37.4 Å². The molecule has 0 spiro atoms. The molecule has 124 valence electrons. The normalized spacial score (nSPS) is 26.5. The van der Waals surface area contributed by atoms with Crippen LogP contribution in [0.15, 0.2) is 29.2 Å². The van der Waals surface area contributed by atoms with Crippen LogP contribution in [-0.4, -0.2) is 29.7 Å². The van der Waals surface area contributed by atoms with Gasteiger partial charge in [0.25, 0.3) is 0 Å². The molecular formula is C17H26INO2S. The number of rotatable bonds is 6. The highest BCUT2D eigenvalue weighted by Crippen LogP contribution is 2.43. The molecule has 0 aliphatic carbocycles. The highest BCUT2D eigenvalue weighted by Gasteiger charge is 2.45. The van der Waals surface area contributed by atoms with Gasteiger partial charge >= 0.3 is 0 Å². The molecule has 2 atom stereocenters. The molecule has 0 amide bonds. The van der Waals surface area contributed by atoms with Gasteiger partial charge in [0.1, 0.15) is 0 Å². The van der Waals surface area contributed by atoms with Crippen molar-refractivity contribution in [1.82, 2.24) is 4.31 Å². The number of benzene rings is 1. The summed E-state index contributed by atoms with van der Waals surface area (Å²) in [5.74, 6) is 0. The van der Waals surface area contributed by atoms with Crippen molar-refractivity contribution < 1.29 is 8.42 Å². The molecule has 5 heteroatoms. The van der Waals surface area contributed by atoms with E-state index in [1.807, 2.05) is 26.0 Å². The number of hydrogen-bond acceptors (Lipinski definition) is 2. The van der Waals surface area contributed by atoms with Gasteiger partial charge < -0.3 is 0 Å². The Morgan fingerprint density at radius 1 is 1.32 bits per heavy atom. The fraction of sp³-hybridized carbons (Fsp3) is 0.647. The van der Waals surface area contributed by atoms with Crippen molar-refractivity contribution in [2.24, 2.45) is 5.41 Å². The number of hydrogen-bond donors (Lipinski definition) is 0. The maximum atomic E-state index is 13.0. The van der Waals surface area contributed by atoms with Gasteiger partial charge in [-0.2, -0.15) is 4.31 Å². The largest absolute Gasteiger partial charge is 0.243 e. The Balaban J connectivity index is 2.26. The smallest absolute Gasteiger partial charge is 0.207 e. The molecule has 0 aromatic heterocycles. The first-order chi connectivity index (χ1) is 10.3. The zero-order valence-electron chi connectivity index (χ0n) is 13.7. The molecule has 1 aromatic rings. The van der Waals surface area contributed by atoms with Crippen LogP contribution >= 0.6 is 22.6 Å².